The van der Waals surface area contributed by atoms with Gasteiger partial charge in [-0.2, -0.15) is 0 Å². The Morgan fingerprint density at radius 3 is 2.31 bits per heavy atom. The lowest BCUT2D eigenvalue weighted by atomic mass is 10.00. The molecule has 1 aliphatic rings. The van der Waals surface area contributed by atoms with E-state index in [-0.39, 0.29) is 0 Å². The summed E-state index contributed by atoms with van der Waals surface area (Å²) in [5.41, 5.74) is 0. The largest absolute Gasteiger partial charge is 0.388 e. The highest BCUT2D eigenvalue weighted by Gasteiger charge is 2.42. The van der Waals surface area contributed by atoms with Crippen molar-refractivity contribution in [1.29, 1.82) is 0 Å². The second-order valence-corrected chi connectivity index (χ2v) is 4.73. The van der Waals surface area contributed by atoms with Crippen molar-refractivity contribution in [2.75, 3.05) is 6.61 Å². The summed E-state index contributed by atoms with van der Waals surface area (Å²) in [5.74, 6) is 0.508. The van der Waals surface area contributed by atoms with E-state index in [0.717, 1.165) is 6.42 Å². The van der Waals surface area contributed by atoms with Crippen molar-refractivity contribution < 1.29 is 24.8 Å². The Balaban J connectivity index is 2.41. The molecule has 0 aromatic rings. The second kappa shape index (κ2) is 5.93. The highest BCUT2D eigenvalue weighted by atomic mass is 16.7. The molecule has 0 aliphatic carbocycles. The highest BCUT2D eigenvalue weighted by molar-refractivity contribution is 4.87. The van der Waals surface area contributed by atoms with Gasteiger partial charge in [0.15, 0.2) is 6.29 Å². The third kappa shape index (κ3) is 3.40. The molecule has 0 radical (unpaired) electrons. The fourth-order valence-electron chi connectivity index (χ4n) is 1.57. The van der Waals surface area contributed by atoms with Gasteiger partial charge in [-0.25, -0.2) is 0 Å². The maximum absolute atomic E-state index is 9.63. The molecule has 16 heavy (non-hydrogen) atoms. The topological polar surface area (TPSA) is 79.2 Å². The van der Waals surface area contributed by atoms with Crippen molar-refractivity contribution in [3.63, 3.8) is 0 Å². The van der Waals surface area contributed by atoms with Gasteiger partial charge in [-0.05, 0) is 19.3 Å². The quantitative estimate of drug-likeness (QED) is 0.632. The first kappa shape index (κ1) is 13.9. The molecule has 5 nitrogen and oxygen atoms in total. The summed E-state index contributed by atoms with van der Waals surface area (Å²) in [4.78, 5) is 0. The van der Waals surface area contributed by atoms with Crippen LogP contribution in [0.1, 0.15) is 27.2 Å². The fourth-order valence-corrected chi connectivity index (χ4v) is 1.57. The van der Waals surface area contributed by atoms with Gasteiger partial charge in [-0.1, -0.05) is 13.8 Å². The van der Waals surface area contributed by atoms with Crippen molar-refractivity contribution in [1.82, 2.24) is 0 Å². The van der Waals surface area contributed by atoms with E-state index in [2.05, 4.69) is 13.8 Å². The van der Waals surface area contributed by atoms with Gasteiger partial charge in [0.1, 0.15) is 18.3 Å². The predicted molar refractivity (Wildman–Crippen MR) is 57.8 cm³/mol. The zero-order chi connectivity index (χ0) is 12.3. The van der Waals surface area contributed by atoms with Crippen molar-refractivity contribution in [2.45, 2.75) is 57.9 Å². The lowest BCUT2D eigenvalue weighted by Gasteiger charge is -2.39. The Kier molecular flexibility index (Phi) is 5.14. The highest BCUT2D eigenvalue weighted by Crippen LogP contribution is 2.22. The summed E-state index contributed by atoms with van der Waals surface area (Å²) in [7, 11) is 0. The lowest BCUT2D eigenvalue weighted by molar-refractivity contribution is -0.293. The first-order chi connectivity index (χ1) is 7.43. The van der Waals surface area contributed by atoms with E-state index >= 15 is 0 Å². The maximum Gasteiger partial charge on any atom is 0.186 e. The minimum atomic E-state index is -1.22. The molecule has 5 heteroatoms. The molecule has 96 valence electrons. The van der Waals surface area contributed by atoms with E-state index in [1.165, 1.54) is 0 Å². The van der Waals surface area contributed by atoms with Crippen LogP contribution < -0.4 is 0 Å². The summed E-state index contributed by atoms with van der Waals surface area (Å²) < 4.78 is 10.6. The molecule has 0 bridgehead atoms. The predicted octanol–water partition coefficient (Wildman–Crippen LogP) is -0.123. The molecule has 0 aromatic heterocycles. The van der Waals surface area contributed by atoms with Crippen LogP contribution in [0, 0.1) is 5.92 Å². The van der Waals surface area contributed by atoms with Crippen LogP contribution >= 0.6 is 0 Å². The first-order valence-corrected chi connectivity index (χ1v) is 5.74. The number of hydrogen-bond donors (Lipinski definition) is 3. The Bertz CT molecular complexity index is 209. The standard InChI is InChI=1S/C11H22O5/c1-6(2)4-5-15-11-10(14)9(13)8(12)7(3)16-11/h6-14H,4-5H2,1-3H3/t7-,8+,9+,10-,11+/m0/s1. The van der Waals surface area contributed by atoms with Gasteiger partial charge in [-0.3, -0.25) is 0 Å². The number of ether oxygens (including phenoxy) is 2. The molecule has 0 aromatic carbocycles. The van der Waals surface area contributed by atoms with E-state index in [4.69, 9.17) is 9.47 Å². The van der Waals surface area contributed by atoms with Crippen LogP contribution in [0.2, 0.25) is 0 Å². The number of aliphatic hydroxyl groups excluding tert-OH is 3. The Morgan fingerprint density at radius 1 is 1.12 bits per heavy atom. The van der Waals surface area contributed by atoms with Crippen molar-refractivity contribution in [3.05, 3.63) is 0 Å². The number of hydrogen-bond acceptors (Lipinski definition) is 5. The summed E-state index contributed by atoms with van der Waals surface area (Å²) in [6.07, 6.45) is -4.01. The first-order valence-electron chi connectivity index (χ1n) is 5.74. The molecule has 5 atom stereocenters. The zero-order valence-electron chi connectivity index (χ0n) is 10.0. The Hall–Kier alpha value is -0.200. The van der Waals surface area contributed by atoms with E-state index in [1.54, 1.807) is 6.92 Å². The zero-order valence-corrected chi connectivity index (χ0v) is 10.0. The Morgan fingerprint density at radius 2 is 1.75 bits per heavy atom. The van der Waals surface area contributed by atoms with Crippen molar-refractivity contribution in [3.8, 4) is 0 Å². The van der Waals surface area contributed by atoms with Gasteiger partial charge in [0, 0.05) is 0 Å². The lowest BCUT2D eigenvalue weighted by Crippen LogP contribution is -2.57. The van der Waals surface area contributed by atoms with Gasteiger partial charge in [0.25, 0.3) is 0 Å². The molecule has 0 amide bonds. The molecule has 1 saturated heterocycles. The minimum absolute atomic E-state index is 0.467. The van der Waals surface area contributed by atoms with Gasteiger partial charge in [0.2, 0.25) is 0 Å². The van der Waals surface area contributed by atoms with E-state index < -0.39 is 30.7 Å². The maximum atomic E-state index is 9.63. The van der Waals surface area contributed by atoms with Crippen LogP contribution in [0.3, 0.4) is 0 Å². The number of rotatable bonds is 4. The molecule has 3 N–H and O–H groups in total. The summed E-state index contributed by atoms with van der Waals surface area (Å²) in [6.45, 7) is 6.25. The fraction of sp³-hybridized carbons (Fsp3) is 1.00. The molecule has 1 heterocycles. The summed E-state index contributed by atoms with van der Waals surface area (Å²) in [6, 6.07) is 0. The smallest absolute Gasteiger partial charge is 0.186 e. The molecule has 1 rings (SSSR count). The summed E-state index contributed by atoms with van der Waals surface area (Å²) in [5, 5.41) is 28.6. The van der Waals surface area contributed by atoms with Crippen LogP contribution in [0.5, 0.6) is 0 Å². The van der Waals surface area contributed by atoms with Crippen LogP contribution in [0.15, 0.2) is 0 Å². The SMILES string of the molecule is CC(C)CCO[C@@H]1O[C@@H](C)[C@@H](O)[C@@H](O)[C@@H]1O. The molecule has 0 unspecified atom stereocenters. The molecular weight excluding hydrogens is 212 g/mol. The van der Waals surface area contributed by atoms with Crippen molar-refractivity contribution >= 4 is 0 Å². The minimum Gasteiger partial charge on any atom is -0.388 e. The normalized spacial score (nSPS) is 40.3. The van der Waals surface area contributed by atoms with Crippen LogP contribution in [0.25, 0.3) is 0 Å². The van der Waals surface area contributed by atoms with Crippen LogP contribution in [0.4, 0.5) is 0 Å². The monoisotopic (exact) mass is 234 g/mol. The van der Waals surface area contributed by atoms with Crippen molar-refractivity contribution in [2.24, 2.45) is 5.92 Å². The van der Waals surface area contributed by atoms with E-state index in [0.29, 0.717) is 12.5 Å². The van der Waals surface area contributed by atoms with Crippen LogP contribution in [-0.4, -0.2) is 52.6 Å². The third-order valence-corrected chi connectivity index (χ3v) is 2.79. The second-order valence-electron chi connectivity index (χ2n) is 4.73. The molecule has 0 saturated carbocycles. The van der Waals surface area contributed by atoms with Gasteiger partial charge in [0.05, 0.1) is 12.7 Å². The third-order valence-electron chi connectivity index (χ3n) is 2.79. The van der Waals surface area contributed by atoms with Gasteiger partial charge >= 0.3 is 0 Å². The van der Waals surface area contributed by atoms with E-state index in [9.17, 15) is 15.3 Å². The molecular formula is C11H22O5. The van der Waals surface area contributed by atoms with Gasteiger partial charge < -0.3 is 24.8 Å². The summed E-state index contributed by atoms with van der Waals surface area (Å²) >= 11 is 0. The van der Waals surface area contributed by atoms with Crippen LogP contribution in [-0.2, 0) is 9.47 Å². The van der Waals surface area contributed by atoms with Gasteiger partial charge in [-0.15, -0.1) is 0 Å². The average molecular weight is 234 g/mol. The molecule has 1 fully saturated rings. The molecule has 0 spiro atoms. The number of aliphatic hydroxyl groups is 3. The molecule has 1 aliphatic heterocycles. The average Bonchev–Trinajstić information content (AvgIpc) is 2.22. The Labute approximate surface area is 96.0 Å². The van der Waals surface area contributed by atoms with E-state index in [1.807, 2.05) is 0 Å².